The van der Waals surface area contributed by atoms with Gasteiger partial charge in [0.1, 0.15) is 23.0 Å². The van der Waals surface area contributed by atoms with Crippen molar-refractivity contribution in [1.82, 2.24) is 10.6 Å². The minimum Gasteiger partial charge on any atom is -0.506 e. The van der Waals surface area contributed by atoms with Gasteiger partial charge >= 0.3 is 0 Å². The average Bonchev–Trinajstić information content (AvgIpc) is 3.12. The summed E-state index contributed by atoms with van der Waals surface area (Å²) in [5, 5.41) is 51.3. The van der Waals surface area contributed by atoms with E-state index in [-0.39, 0.29) is 35.0 Å². The fourth-order valence-electron chi connectivity index (χ4n) is 5.12. The van der Waals surface area contributed by atoms with Gasteiger partial charge in [-0.15, -0.1) is 0 Å². The first-order valence-electron chi connectivity index (χ1n) is 16.2. The predicted molar refractivity (Wildman–Crippen MR) is 194 cm³/mol. The van der Waals surface area contributed by atoms with Gasteiger partial charge in [-0.25, -0.2) is 0 Å². The molecule has 0 bridgehead atoms. The molecule has 0 fully saturated rings. The molecule has 0 radical (unpaired) electrons. The summed E-state index contributed by atoms with van der Waals surface area (Å²) in [6.07, 6.45) is 1.13. The highest BCUT2D eigenvalue weighted by atomic mass is 16.5. The van der Waals surface area contributed by atoms with Crippen molar-refractivity contribution in [2.75, 3.05) is 37.9 Å². The Hall–Kier alpha value is -5.14. The lowest BCUT2D eigenvalue weighted by atomic mass is 10.1. The van der Waals surface area contributed by atoms with Crippen LogP contribution in [0.25, 0.3) is 0 Å². The second-order valence-corrected chi connectivity index (χ2v) is 11.8. The number of ether oxygens (including phenoxy) is 2. The van der Waals surface area contributed by atoms with Crippen LogP contribution in [0.1, 0.15) is 48.3 Å². The van der Waals surface area contributed by atoms with Crippen molar-refractivity contribution in [3.05, 3.63) is 107 Å². The number of hydrogen-bond donors (Lipinski definition) is 8. The van der Waals surface area contributed by atoms with E-state index in [1.807, 2.05) is 62.4 Å². The Kier molecular flexibility index (Phi) is 16.0. The first-order valence-corrected chi connectivity index (χ1v) is 16.2. The first kappa shape index (κ1) is 39.3. The van der Waals surface area contributed by atoms with Crippen LogP contribution in [0, 0.1) is 0 Å². The molecule has 2 amide bonds. The number of carbonyl (C=O) groups is 2. The summed E-state index contributed by atoms with van der Waals surface area (Å²) in [5.74, 6) is 1.58. The van der Waals surface area contributed by atoms with Crippen molar-refractivity contribution in [3.8, 4) is 23.0 Å². The maximum absolute atomic E-state index is 10.5. The number of phenols is 2. The van der Waals surface area contributed by atoms with Crippen LogP contribution in [-0.4, -0.2) is 72.6 Å². The molecule has 0 aliphatic heterocycles. The molecule has 268 valence electrons. The Morgan fingerprint density at radius 2 is 0.960 bits per heavy atom. The van der Waals surface area contributed by atoms with Gasteiger partial charge in [-0.1, -0.05) is 36.4 Å². The molecule has 50 heavy (non-hydrogen) atoms. The number of amides is 2. The normalized spacial score (nSPS) is 13.1. The molecule has 0 aliphatic rings. The molecule has 0 aromatic heterocycles. The Bertz CT molecular complexity index is 1500. The first-order chi connectivity index (χ1) is 24.1. The number of rotatable bonds is 18. The summed E-state index contributed by atoms with van der Waals surface area (Å²) in [7, 11) is 3.28. The lowest BCUT2D eigenvalue weighted by molar-refractivity contribution is -0.106. The summed E-state index contributed by atoms with van der Waals surface area (Å²) in [6, 6.07) is 25.4. The van der Waals surface area contributed by atoms with Gasteiger partial charge in [-0.2, -0.15) is 0 Å². The maximum atomic E-state index is 10.5. The van der Waals surface area contributed by atoms with Crippen molar-refractivity contribution in [2.45, 2.75) is 51.0 Å². The number of carbonyl (C=O) groups excluding carboxylic acids is 2. The fourth-order valence-corrected chi connectivity index (χ4v) is 5.12. The monoisotopic (exact) mass is 688 g/mol. The molecule has 4 atom stereocenters. The lowest BCUT2D eigenvalue weighted by Crippen LogP contribution is -2.32. The number of aromatic hydroxyl groups is 2. The molecule has 0 unspecified atom stereocenters. The van der Waals surface area contributed by atoms with E-state index in [4.69, 9.17) is 9.47 Å². The standard InChI is InChI=1S/2C19H24N2O4/c2*1-13(9-14-3-6-16(25-2)7-4-14)20-11-19(24)15-5-8-18(23)17(10-15)21-12-22/h2*3-8,10,12-13,19-20,23-24H,9,11H2,1-2H3,(H,21,22)/t2*13-,19+/m11/s1. The third kappa shape index (κ3) is 12.7. The van der Waals surface area contributed by atoms with Gasteiger partial charge in [0, 0.05) is 25.2 Å². The zero-order chi connectivity index (χ0) is 36.5. The fraction of sp³-hybridized carbons (Fsp3) is 0.316. The van der Waals surface area contributed by atoms with Crippen LogP contribution < -0.4 is 30.7 Å². The third-order valence-corrected chi connectivity index (χ3v) is 7.96. The molecule has 0 aliphatic carbocycles. The molecule has 0 saturated heterocycles. The predicted octanol–water partition coefficient (Wildman–Crippen LogP) is 4.45. The highest BCUT2D eigenvalue weighted by Crippen LogP contribution is 2.28. The Balaban J connectivity index is 0.000000270. The van der Waals surface area contributed by atoms with Crippen LogP contribution >= 0.6 is 0 Å². The number of nitrogens with one attached hydrogen (secondary N) is 4. The van der Waals surface area contributed by atoms with Gasteiger partial charge in [-0.3, -0.25) is 9.59 Å². The molecular weight excluding hydrogens is 640 g/mol. The summed E-state index contributed by atoms with van der Waals surface area (Å²) in [5.41, 5.74) is 4.14. The largest absolute Gasteiger partial charge is 0.506 e. The SMILES string of the molecule is COc1ccc(C[C@@H](C)NC[C@H](O)c2ccc(O)c(NC=O)c2)cc1.COc1ccc(C[C@@H](C)NC[C@H](O)c2ccc(O)c(NC=O)c2)cc1. The summed E-state index contributed by atoms with van der Waals surface area (Å²) < 4.78 is 10.3. The molecule has 12 nitrogen and oxygen atoms in total. The quantitative estimate of drug-likeness (QED) is 0.0550. The minimum absolute atomic E-state index is 0.0381. The summed E-state index contributed by atoms with van der Waals surface area (Å²) in [4.78, 5) is 21.1. The summed E-state index contributed by atoms with van der Waals surface area (Å²) in [6.45, 7) is 4.82. The molecule has 8 N–H and O–H groups in total. The molecule has 4 aromatic carbocycles. The molecule has 0 heterocycles. The van der Waals surface area contributed by atoms with Crippen LogP contribution in [0.15, 0.2) is 84.9 Å². The Morgan fingerprint density at radius 1 is 0.600 bits per heavy atom. The second-order valence-electron chi connectivity index (χ2n) is 11.8. The van der Waals surface area contributed by atoms with Crippen LogP contribution in [0.4, 0.5) is 11.4 Å². The van der Waals surface area contributed by atoms with E-state index < -0.39 is 12.2 Å². The van der Waals surface area contributed by atoms with Crippen LogP contribution in [0.5, 0.6) is 23.0 Å². The van der Waals surface area contributed by atoms with Gasteiger partial charge in [0.15, 0.2) is 0 Å². The van der Waals surface area contributed by atoms with Crippen molar-refractivity contribution in [3.63, 3.8) is 0 Å². The Labute approximate surface area is 293 Å². The van der Waals surface area contributed by atoms with E-state index in [1.165, 1.54) is 23.3 Å². The highest BCUT2D eigenvalue weighted by Gasteiger charge is 2.14. The number of benzene rings is 4. The average molecular weight is 689 g/mol. The zero-order valence-electron chi connectivity index (χ0n) is 28.8. The maximum Gasteiger partial charge on any atom is 0.211 e. The number of aliphatic hydroxyl groups is 2. The number of aliphatic hydroxyl groups excluding tert-OH is 2. The van der Waals surface area contributed by atoms with Crippen molar-refractivity contribution >= 4 is 24.2 Å². The number of hydrogen-bond acceptors (Lipinski definition) is 10. The zero-order valence-corrected chi connectivity index (χ0v) is 28.8. The molecule has 0 saturated carbocycles. The molecule has 4 rings (SSSR count). The van der Waals surface area contributed by atoms with E-state index in [0.29, 0.717) is 37.0 Å². The van der Waals surface area contributed by atoms with Crippen molar-refractivity contribution in [2.24, 2.45) is 0 Å². The Morgan fingerprint density at radius 3 is 1.28 bits per heavy atom. The van der Waals surface area contributed by atoms with Gasteiger partial charge in [0.05, 0.1) is 37.8 Å². The van der Waals surface area contributed by atoms with Crippen LogP contribution in [0.3, 0.4) is 0 Å². The van der Waals surface area contributed by atoms with Crippen LogP contribution in [-0.2, 0) is 22.4 Å². The van der Waals surface area contributed by atoms with Gasteiger partial charge < -0.3 is 51.2 Å². The van der Waals surface area contributed by atoms with E-state index in [1.54, 1.807) is 38.5 Å². The van der Waals surface area contributed by atoms with Gasteiger partial charge in [0.25, 0.3) is 0 Å². The van der Waals surface area contributed by atoms with E-state index in [9.17, 15) is 30.0 Å². The summed E-state index contributed by atoms with van der Waals surface area (Å²) >= 11 is 0. The van der Waals surface area contributed by atoms with Crippen molar-refractivity contribution in [1.29, 1.82) is 0 Å². The van der Waals surface area contributed by atoms with Crippen molar-refractivity contribution < 1.29 is 39.5 Å². The van der Waals surface area contributed by atoms with E-state index >= 15 is 0 Å². The highest BCUT2D eigenvalue weighted by molar-refractivity contribution is 5.76. The lowest BCUT2D eigenvalue weighted by Gasteiger charge is -2.18. The van der Waals surface area contributed by atoms with E-state index in [2.05, 4.69) is 21.3 Å². The van der Waals surface area contributed by atoms with Gasteiger partial charge in [-0.05, 0) is 97.5 Å². The number of phenolic OH excluding ortho intramolecular Hbond substituents is 2. The molecule has 0 spiro atoms. The molecule has 4 aromatic rings. The number of anilines is 2. The smallest absolute Gasteiger partial charge is 0.211 e. The third-order valence-electron chi connectivity index (χ3n) is 7.96. The van der Waals surface area contributed by atoms with Crippen LogP contribution in [0.2, 0.25) is 0 Å². The number of methoxy groups -OCH3 is 2. The second kappa shape index (κ2) is 20.4. The minimum atomic E-state index is -0.744. The van der Waals surface area contributed by atoms with Gasteiger partial charge in [0.2, 0.25) is 12.8 Å². The van der Waals surface area contributed by atoms with E-state index in [0.717, 1.165) is 24.3 Å². The topological polar surface area (TPSA) is 182 Å². The molecular formula is C38H48N4O8. The molecule has 12 heteroatoms.